The van der Waals surface area contributed by atoms with Crippen molar-refractivity contribution in [2.45, 2.75) is 51.1 Å². The lowest BCUT2D eigenvalue weighted by atomic mass is 9.48. The van der Waals surface area contributed by atoms with Gasteiger partial charge in [0.2, 0.25) is 0 Å². The van der Waals surface area contributed by atoms with Crippen LogP contribution < -0.4 is 4.90 Å². The van der Waals surface area contributed by atoms with Crippen molar-refractivity contribution in [3.8, 4) is 0 Å². The van der Waals surface area contributed by atoms with E-state index in [-0.39, 0.29) is 5.54 Å². The summed E-state index contributed by atoms with van der Waals surface area (Å²) in [4.78, 5) is 2.73. The Morgan fingerprint density at radius 2 is 1.70 bits per heavy atom. The maximum absolute atomic E-state index is 6.59. The molecule has 4 saturated carbocycles. The molecular weight excluding hydrogens is 334 g/mol. The highest BCUT2D eigenvalue weighted by Crippen LogP contribution is 2.67. The molecule has 4 aliphatic carbocycles. The minimum absolute atomic E-state index is 0.0381. The Kier molecular flexibility index (Phi) is 2.65. The first-order valence-electron chi connectivity index (χ1n) is 10.6. The van der Waals surface area contributed by atoms with E-state index in [4.69, 9.17) is 8.83 Å². The van der Waals surface area contributed by atoms with Crippen molar-refractivity contribution < 1.29 is 8.83 Å². The quantitative estimate of drug-likeness (QED) is 0.533. The number of furan rings is 2. The third kappa shape index (κ3) is 1.66. The highest BCUT2D eigenvalue weighted by atomic mass is 16.4. The van der Waals surface area contributed by atoms with Crippen LogP contribution in [0.5, 0.6) is 0 Å². The van der Waals surface area contributed by atoms with Crippen LogP contribution in [0.3, 0.4) is 0 Å². The Labute approximate surface area is 159 Å². The Balaban J connectivity index is 1.51. The van der Waals surface area contributed by atoms with Gasteiger partial charge >= 0.3 is 0 Å². The zero-order valence-electron chi connectivity index (χ0n) is 15.8. The van der Waals surface area contributed by atoms with Crippen LogP contribution in [0.2, 0.25) is 0 Å². The predicted molar refractivity (Wildman–Crippen MR) is 105 cm³/mol. The zero-order chi connectivity index (χ0) is 17.8. The molecule has 1 aliphatic heterocycles. The van der Waals surface area contributed by atoms with Crippen LogP contribution in [-0.4, -0.2) is 0 Å². The second kappa shape index (κ2) is 4.81. The number of anilines is 1. The Morgan fingerprint density at radius 3 is 2.44 bits per heavy atom. The van der Waals surface area contributed by atoms with Gasteiger partial charge < -0.3 is 13.7 Å². The van der Waals surface area contributed by atoms with Gasteiger partial charge in [-0.05, 0) is 74.3 Å². The summed E-state index contributed by atoms with van der Waals surface area (Å²) < 4.78 is 12.5. The van der Waals surface area contributed by atoms with Crippen LogP contribution in [0.1, 0.15) is 49.0 Å². The zero-order valence-corrected chi connectivity index (χ0v) is 15.8. The molecule has 0 atom stereocenters. The van der Waals surface area contributed by atoms with E-state index in [1.165, 1.54) is 54.7 Å². The molecule has 0 amide bonds. The van der Waals surface area contributed by atoms with Gasteiger partial charge in [0.25, 0.3) is 0 Å². The fraction of sp³-hybridized carbons (Fsp3) is 0.500. The highest BCUT2D eigenvalue weighted by Gasteiger charge is 2.65. The molecule has 2 aromatic heterocycles. The standard InChI is InChI=1S/C24H25NO2/c1-14-4-2-3-5-20(14)25-13-19-22-21(6-7-26-22)27-23(19)24(25)17-9-15-8-16(11-17)12-18(24)10-15/h2-7,15-18H,8-13H2,1H3. The molecule has 4 bridgehead atoms. The summed E-state index contributed by atoms with van der Waals surface area (Å²) in [5.74, 6) is 4.56. The lowest BCUT2D eigenvalue weighted by molar-refractivity contribution is -0.0665. The molecule has 5 aliphatic rings. The average Bonchev–Trinajstić information content (AvgIpc) is 3.31. The van der Waals surface area contributed by atoms with Crippen LogP contribution in [0, 0.1) is 30.6 Å². The van der Waals surface area contributed by atoms with E-state index in [0.717, 1.165) is 29.5 Å². The summed E-state index contributed by atoms with van der Waals surface area (Å²) in [6, 6.07) is 10.9. The Morgan fingerprint density at radius 1 is 0.963 bits per heavy atom. The van der Waals surface area contributed by atoms with Crippen LogP contribution >= 0.6 is 0 Å². The van der Waals surface area contributed by atoms with Crippen LogP contribution in [0.4, 0.5) is 5.69 Å². The highest BCUT2D eigenvalue weighted by molar-refractivity contribution is 5.80. The van der Waals surface area contributed by atoms with Gasteiger partial charge in [-0.3, -0.25) is 0 Å². The van der Waals surface area contributed by atoms with Crippen molar-refractivity contribution in [2.24, 2.45) is 23.7 Å². The number of fused-ring (bicyclic) bond motifs is 3. The second-order valence-electron chi connectivity index (χ2n) is 9.53. The molecule has 3 heterocycles. The van der Waals surface area contributed by atoms with E-state index < -0.39 is 0 Å². The van der Waals surface area contributed by atoms with E-state index in [1.54, 1.807) is 6.26 Å². The SMILES string of the molecule is Cc1ccccc1N1Cc2c(oc3ccoc23)C12C1CC3CC(C1)CC2C3. The first-order valence-corrected chi connectivity index (χ1v) is 10.6. The molecule has 3 nitrogen and oxygen atoms in total. The minimum Gasteiger partial charge on any atom is -0.460 e. The summed E-state index contributed by atoms with van der Waals surface area (Å²) in [7, 11) is 0. The number of benzene rings is 1. The fourth-order valence-corrected chi connectivity index (χ4v) is 7.62. The van der Waals surface area contributed by atoms with E-state index in [1.807, 2.05) is 6.07 Å². The van der Waals surface area contributed by atoms with E-state index >= 15 is 0 Å². The molecule has 0 unspecified atom stereocenters. The van der Waals surface area contributed by atoms with Crippen molar-refractivity contribution in [2.75, 3.05) is 4.90 Å². The molecule has 1 spiro atoms. The largest absolute Gasteiger partial charge is 0.460 e. The predicted octanol–water partition coefficient (Wildman–Crippen LogP) is 6.01. The molecule has 0 radical (unpaired) electrons. The molecule has 27 heavy (non-hydrogen) atoms. The molecule has 138 valence electrons. The van der Waals surface area contributed by atoms with E-state index in [2.05, 4.69) is 36.1 Å². The molecule has 3 aromatic rings. The van der Waals surface area contributed by atoms with Crippen LogP contribution in [-0.2, 0) is 12.1 Å². The fourth-order valence-electron chi connectivity index (χ4n) is 7.62. The lowest BCUT2D eigenvalue weighted by Crippen LogP contribution is -2.61. The van der Waals surface area contributed by atoms with Crippen LogP contribution in [0.25, 0.3) is 11.2 Å². The third-order valence-corrected chi connectivity index (χ3v) is 8.31. The summed E-state index contributed by atoms with van der Waals surface area (Å²) in [6.45, 7) is 3.17. The molecule has 0 N–H and O–H groups in total. The molecule has 3 heteroatoms. The number of hydrogen-bond donors (Lipinski definition) is 0. The third-order valence-electron chi connectivity index (χ3n) is 8.31. The first kappa shape index (κ1) is 14.8. The maximum atomic E-state index is 6.59. The molecule has 0 saturated heterocycles. The van der Waals surface area contributed by atoms with Gasteiger partial charge in [0.15, 0.2) is 11.2 Å². The van der Waals surface area contributed by atoms with Crippen molar-refractivity contribution in [1.29, 1.82) is 0 Å². The summed E-state index contributed by atoms with van der Waals surface area (Å²) >= 11 is 0. The van der Waals surface area contributed by atoms with Gasteiger partial charge in [0.05, 0.1) is 18.4 Å². The van der Waals surface area contributed by atoms with E-state index in [9.17, 15) is 0 Å². The van der Waals surface area contributed by atoms with Crippen molar-refractivity contribution >= 4 is 16.9 Å². The number of aryl methyl sites for hydroxylation is 1. The normalized spacial score (nSPS) is 36.3. The summed E-state index contributed by atoms with van der Waals surface area (Å²) in [5.41, 5.74) is 6.02. The second-order valence-corrected chi connectivity index (χ2v) is 9.53. The van der Waals surface area contributed by atoms with Gasteiger partial charge in [-0.15, -0.1) is 0 Å². The lowest BCUT2D eigenvalue weighted by Gasteiger charge is -2.62. The monoisotopic (exact) mass is 359 g/mol. The number of hydrogen-bond acceptors (Lipinski definition) is 3. The Bertz CT molecular complexity index is 1030. The average molecular weight is 359 g/mol. The van der Waals surface area contributed by atoms with Crippen LogP contribution in [0.15, 0.2) is 45.4 Å². The number of nitrogens with zero attached hydrogens (tertiary/aromatic N) is 1. The summed E-state index contributed by atoms with van der Waals surface area (Å²) in [5, 5.41) is 0. The smallest absolute Gasteiger partial charge is 0.177 e. The van der Waals surface area contributed by atoms with Gasteiger partial charge in [-0.2, -0.15) is 0 Å². The molecular formula is C24H25NO2. The topological polar surface area (TPSA) is 29.5 Å². The molecule has 8 rings (SSSR count). The van der Waals surface area contributed by atoms with Crippen molar-refractivity contribution in [1.82, 2.24) is 0 Å². The summed E-state index contributed by atoms with van der Waals surface area (Å²) in [6.07, 6.45) is 8.73. The van der Waals surface area contributed by atoms with Gasteiger partial charge in [0, 0.05) is 11.8 Å². The van der Waals surface area contributed by atoms with Gasteiger partial charge in [-0.1, -0.05) is 18.2 Å². The van der Waals surface area contributed by atoms with Crippen molar-refractivity contribution in [3.05, 3.63) is 53.5 Å². The minimum atomic E-state index is 0.0381. The van der Waals surface area contributed by atoms with Crippen molar-refractivity contribution in [3.63, 3.8) is 0 Å². The molecule has 4 fully saturated rings. The number of rotatable bonds is 1. The molecule has 1 aromatic carbocycles. The first-order chi connectivity index (χ1) is 13.2. The Hall–Kier alpha value is -2.16. The number of para-hydroxylation sites is 1. The van der Waals surface area contributed by atoms with Gasteiger partial charge in [-0.25, -0.2) is 0 Å². The maximum Gasteiger partial charge on any atom is 0.177 e. The van der Waals surface area contributed by atoms with Gasteiger partial charge in [0.1, 0.15) is 11.3 Å². The van der Waals surface area contributed by atoms with E-state index in [0.29, 0.717) is 11.8 Å².